The Morgan fingerprint density at radius 2 is 2.13 bits per heavy atom. The maximum Gasteiger partial charge on any atom is 0.221 e. The van der Waals surface area contributed by atoms with E-state index < -0.39 is 0 Å². The second-order valence-corrected chi connectivity index (χ2v) is 8.14. The molecule has 1 saturated heterocycles. The lowest BCUT2D eigenvalue weighted by molar-refractivity contribution is -0.121. The predicted molar refractivity (Wildman–Crippen MR) is 97.8 cm³/mol. The lowest BCUT2D eigenvalue weighted by Crippen LogP contribution is -2.28. The highest BCUT2D eigenvalue weighted by atomic mass is 32.2. The standard InChI is InChI=1S/C17H21N3OS2/c21-17(8-16-13-22-6-7-23-16)18-9-15-10-19-20(12-15)11-14-4-2-1-3-5-14/h1-5,10,12,16H,6-9,11,13H2,(H,18,21)/t16-/m0/s1. The minimum atomic E-state index is 0.140. The smallest absolute Gasteiger partial charge is 0.221 e. The Labute approximate surface area is 145 Å². The molecule has 1 amide bonds. The first-order chi connectivity index (χ1) is 11.3. The first kappa shape index (κ1) is 16.5. The summed E-state index contributed by atoms with van der Waals surface area (Å²) < 4.78 is 1.91. The van der Waals surface area contributed by atoms with Gasteiger partial charge in [-0.25, -0.2) is 0 Å². The van der Waals surface area contributed by atoms with Crippen LogP contribution in [0.25, 0.3) is 0 Å². The Balaban J connectivity index is 1.44. The number of rotatable bonds is 6. The van der Waals surface area contributed by atoms with Gasteiger partial charge in [0, 0.05) is 47.2 Å². The zero-order chi connectivity index (χ0) is 15.9. The number of carbonyl (C=O) groups is 1. The molecule has 122 valence electrons. The van der Waals surface area contributed by atoms with Crippen molar-refractivity contribution >= 4 is 29.4 Å². The molecule has 0 unspecified atom stereocenters. The van der Waals surface area contributed by atoms with E-state index in [2.05, 4.69) is 22.5 Å². The number of carbonyl (C=O) groups excluding carboxylic acids is 1. The highest BCUT2D eigenvalue weighted by Crippen LogP contribution is 2.26. The SMILES string of the molecule is O=C(C[C@H]1CSCCS1)NCc1cnn(Cc2ccccc2)c1. The summed E-state index contributed by atoms with van der Waals surface area (Å²) in [5.41, 5.74) is 2.26. The maximum absolute atomic E-state index is 12.0. The Bertz CT molecular complexity index is 624. The normalized spacial score (nSPS) is 17.8. The van der Waals surface area contributed by atoms with Gasteiger partial charge in [0.15, 0.2) is 0 Å². The van der Waals surface area contributed by atoms with E-state index in [0.717, 1.165) is 23.6 Å². The van der Waals surface area contributed by atoms with E-state index in [9.17, 15) is 4.79 Å². The van der Waals surface area contributed by atoms with Gasteiger partial charge in [0.05, 0.1) is 12.7 Å². The van der Waals surface area contributed by atoms with E-state index in [-0.39, 0.29) is 5.91 Å². The zero-order valence-electron chi connectivity index (χ0n) is 13.0. The number of aromatic nitrogens is 2. The van der Waals surface area contributed by atoms with Crippen LogP contribution >= 0.6 is 23.5 Å². The van der Waals surface area contributed by atoms with Gasteiger partial charge >= 0.3 is 0 Å². The van der Waals surface area contributed by atoms with E-state index in [0.29, 0.717) is 18.2 Å². The van der Waals surface area contributed by atoms with Crippen LogP contribution in [-0.2, 0) is 17.9 Å². The van der Waals surface area contributed by atoms with Crippen LogP contribution in [0.4, 0.5) is 0 Å². The highest BCUT2D eigenvalue weighted by molar-refractivity contribution is 8.06. The van der Waals surface area contributed by atoms with Gasteiger partial charge in [0.2, 0.25) is 5.91 Å². The van der Waals surface area contributed by atoms with Crippen molar-refractivity contribution in [2.45, 2.75) is 24.8 Å². The summed E-state index contributed by atoms with van der Waals surface area (Å²) in [6, 6.07) is 10.2. The molecule has 0 bridgehead atoms. The van der Waals surface area contributed by atoms with Crippen LogP contribution in [0.2, 0.25) is 0 Å². The Hall–Kier alpha value is -1.40. The first-order valence-electron chi connectivity index (χ1n) is 7.81. The van der Waals surface area contributed by atoms with Crippen molar-refractivity contribution < 1.29 is 4.79 Å². The number of hydrogen-bond donors (Lipinski definition) is 1. The van der Waals surface area contributed by atoms with Crippen molar-refractivity contribution in [2.75, 3.05) is 17.3 Å². The van der Waals surface area contributed by atoms with Crippen LogP contribution < -0.4 is 5.32 Å². The molecule has 1 aliphatic heterocycles. The molecule has 1 atom stereocenters. The van der Waals surface area contributed by atoms with Gasteiger partial charge < -0.3 is 5.32 Å². The third kappa shape index (κ3) is 5.32. The summed E-state index contributed by atoms with van der Waals surface area (Å²) in [5, 5.41) is 7.84. The van der Waals surface area contributed by atoms with E-state index in [1.165, 1.54) is 11.3 Å². The lowest BCUT2D eigenvalue weighted by Gasteiger charge is -2.20. The summed E-state index contributed by atoms with van der Waals surface area (Å²) in [7, 11) is 0. The molecule has 0 spiro atoms. The molecule has 6 heteroatoms. The fourth-order valence-electron chi connectivity index (χ4n) is 2.49. The van der Waals surface area contributed by atoms with Crippen molar-refractivity contribution in [3.05, 3.63) is 53.9 Å². The van der Waals surface area contributed by atoms with Crippen LogP contribution in [0.15, 0.2) is 42.7 Å². The van der Waals surface area contributed by atoms with E-state index in [1.807, 2.05) is 58.8 Å². The Morgan fingerprint density at radius 3 is 2.91 bits per heavy atom. The van der Waals surface area contributed by atoms with Gasteiger partial charge in [-0.05, 0) is 5.56 Å². The number of nitrogens with one attached hydrogen (secondary N) is 1. The summed E-state index contributed by atoms with van der Waals surface area (Å²) in [4.78, 5) is 12.0. The van der Waals surface area contributed by atoms with Gasteiger partial charge in [-0.1, -0.05) is 30.3 Å². The zero-order valence-corrected chi connectivity index (χ0v) is 14.6. The van der Waals surface area contributed by atoms with Crippen molar-refractivity contribution in [1.29, 1.82) is 0 Å². The fourth-order valence-corrected chi connectivity index (χ4v) is 5.17. The number of benzene rings is 1. The molecule has 1 aromatic carbocycles. The minimum Gasteiger partial charge on any atom is -0.352 e. The van der Waals surface area contributed by atoms with E-state index in [4.69, 9.17) is 0 Å². The third-order valence-electron chi connectivity index (χ3n) is 3.66. The van der Waals surface area contributed by atoms with E-state index in [1.54, 1.807) is 0 Å². The second kappa shape index (κ2) is 8.45. The predicted octanol–water partition coefficient (Wildman–Crippen LogP) is 2.79. The highest BCUT2D eigenvalue weighted by Gasteiger charge is 2.17. The van der Waals surface area contributed by atoms with Crippen molar-refractivity contribution in [2.24, 2.45) is 0 Å². The van der Waals surface area contributed by atoms with Gasteiger partial charge in [-0.2, -0.15) is 28.6 Å². The topological polar surface area (TPSA) is 46.9 Å². The lowest BCUT2D eigenvalue weighted by atomic mass is 10.2. The number of hydrogen-bond acceptors (Lipinski definition) is 4. The maximum atomic E-state index is 12.0. The molecule has 3 rings (SSSR count). The monoisotopic (exact) mass is 347 g/mol. The molecule has 1 aromatic heterocycles. The number of thioether (sulfide) groups is 2. The molecule has 0 radical (unpaired) electrons. The Kier molecular flexibility index (Phi) is 6.05. The quantitative estimate of drug-likeness (QED) is 0.873. The van der Waals surface area contributed by atoms with Gasteiger partial charge in [-0.15, -0.1) is 0 Å². The third-order valence-corrected chi connectivity index (χ3v) is 6.51. The largest absolute Gasteiger partial charge is 0.352 e. The molecule has 2 heterocycles. The summed E-state index contributed by atoms with van der Waals surface area (Å²) in [6.07, 6.45) is 4.45. The summed E-state index contributed by atoms with van der Waals surface area (Å²) >= 11 is 3.87. The van der Waals surface area contributed by atoms with Crippen molar-refractivity contribution in [1.82, 2.24) is 15.1 Å². The minimum absolute atomic E-state index is 0.140. The molecule has 2 aromatic rings. The van der Waals surface area contributed by atoms with Crippen molar-refractivity contribution in [3.63, 3.8) is 0 Å². The number of nitrogens with zero attached hydrogens (tertiary/aromatic N) is 2. The average Bonchev–Trinajstić information content (AvgIpc) is 3.02. The fraction of sp³-hybridized carbons (Fsp3) is 0.412. The molecular formula is C17H21N3OS2. The molecule has 0 aliphatic carbocycles. The van der Waals surface area contributed by atoms with Gasteiger partial charge in [0.1, 0.15) is 0 Å². The van der Waals surface area contributed by atoms with Gasteiger partial charge in [-0.3, -0.25) is 9.48 Å². The first-order valence-corrected chi connectivity index (χ1v) is 10.0. The second-order valence-electron chi connectivity index (χ2n) is 5.58. The van der Waals surface area contributed by atoms with Crippen LogP contribution in [0, 0.1) is 0 Å². The van der Waals surface area contributed by atoms with Crippen LogP contribution in [0.1, 0.15) is 17.5 Å². The van der Waals surface area contributed by atoms with E-state index >= 15 is 0 Å². The Morgan fingerprint density at radius 1 is 1.26 bits per heavy atom. The molecule has 1 aliphatic rings. The van der Waals surface area contributed by atoms with Crippen LogP contribution in [0.3, 0.4) is 0 Å². The molecule has 1 N–H and O–H groups in total. The molecular weight excluding hydrogens is 326 g/mol. The van der Waals surface area contributed by atoms with Crippen LogP contribution in [-0.4, -0.2) is 38.2 Å². The van der Waals surface area contributed by atoms with Gasteiger partial charge in [0.25, 0.3) is 0 Å². The van der Waals surface area contributed by atoms with Crippen LogP contribution in [0.5, 0.6) is 0 Å². The molecule has 23 heavy (non-hydrogen) atoms. The molecule has 1 fully saturated rings. The summed E-state index contributed by atoms with van der Waals surface area (Å²) in [5.74, 6) is 3.60. The molecule has 4 nitrogen and oxygen atoms in total. The summed E-state index contributed by atoms with van der Waals surface area (Å²) in [6.45, 7) is 1.31. The average molecular weight is 348 g/mol. The van der Waals surface area contributed by atoms with Crippen molar-refractivity contribution in [3.8, 4) is 0 Å². The number of amides is 1. The molecule has 0 saturated carbocycles.